The molecule has 0 aliphatic carbocycles. The van der Waals surface area contributed by atoms with Gasteiger partial charge in [0.2, 0.25) is 5.91 Å². The molecule has 0 saturated carbocycles. The highest BCUT2D eigenvalue weighted by atomic mass is 16.5. The topological polar surface area (TPSA) is 93.5 Å². The first-order chi connectivity index (χ1) is 18.0. The van der Waals surface area contributed by atoms with Crippen molar-refractivity contribution >= 4 is 28.3 Å². The summed E-state index contributed by atoms with van der Waals surface area (Å²) in [4.78, 5) is 41.3. The van der Waals surface area contributed by atoms with Crippen LogP contribution in [0.1, 0.15) is 28.9 Å². The maximum atomic E-state index is 13.6. The first kappa shape index (κ1) is 24.2. The van der Waals surface area contributed by atoms with Gasteiger partial charge in [0.25, 0.3) is 11.5 Å². The standard InChI is InChI=1S/C29H28N4O4/c1-37-25-14-8-7-13-24(25)30-27(34)21-15-17-32(18-16-21)29(36)26-22-11-5-6-12-23(22)28(35)33(31-26)19-20-9-3-2-4-10-20/h2-14,21H,15-19H2,1H3,(H,30,34). The van der Waals surface area contributed by atoms with Crippen molar-refractivity contribution < 1.29 is 14.3 Å². The number of benzene rings is 3. The second-order valence-corrected chi connectivity index (χ2v) is 9.10. The van der Waals surface area contributed by atoms with Crippen molar-refractivity contribution in [3.05, 3.63) is 100 Å². The van der Waals surface area contributed by atoms with Gasteiger partial charge in [0.05, 0.1) is 24.7 Å². The van der Waals surface area contributed by atoms with Crippen molar-refractivity contribution in [3.63, 3.8) is 0 Å². The van der Waals surface area contributed by atoms with Crippen LogP contribution >= 0.6 is 0 Å². The minimum atomic E-state index is -0.235. The maximum Gasteiger partial charge on any atom is 0.274 e. The van der Waals surface area contributed by atoms with E-state index in [0.717, 1.165) is 5.56 Å². The Bertz CT molecular complexity index is 1490. The smallest absolute Gasteiger partial charge is 0.274 e. The van der Waals surface area contributed by atoms with Crippen molar-refractivity contribution in [3.8, 4) is 5.75 Å². The summed E-state index contributed by atoms with van der Waals surface area (Å²) >= 11 is 0. The molecule has 1 N–H and O–H groups in total. The molecule has 2 heterocycles. The van der Waals surface area contributed by atoms with Crippen LogP contribution in [0, 0.1) is 5.92 Å². The lowest BCUT2D eigenvalue weighted by Gasteiger charge is -2.31. The molecule has 1 aliphatic rings. The summed E-state index contributed by atoms with van der Waals surface area (Å²) in [5, 5.41) is 8.47. The number of carbonyl (C=O) groups excluding carboxylic acids is 2. The van der Waals surface area contributed by atoms with E-state index in [1.165, 1.54) is 4.68 Å². The highest BCUT2D eigenvalue weighted by Gasteiger charge is 2.30. The number of amides is 2. The second-order valence-electron chi connectivity index (χ2n) is 9.10. The van der Waals surface area contributed by atoms with Crippen molar-refractivity contribution in [2.75, 3.05) is 25.5 Å². The first-order valence-corrected chi connectivity index (χ1v) is 12.3. The van der Waals surface area contributed by atoms with E-state index >= 15 is 0 Å². The normalized spacial score (nSPS) is 13.9. The number of fused-ring (bicyclic) bond motifs is 1. The number of methoxy groups -OCH3 is 1. The molecule has 0 radical (unpaired) electrons. The second kappa shape index (κ2) is 10.7. The number of rotatable bonds is 6. The molecule has 4 aromatic rings. The molecule has 5 rings (SSSR count). The Kier molecular flexibility index (Phi) is 6.98. The number of ether oxygens (including phenoxy) is 1. The molecular weight excluding hydrogens is 468 g/mol. The number of nitrogens with zero attached hydrogens (tertiary/aromatic N) is 3. The zero-order chi connectivity index (χ0) is 25.8. The van der Waals surface area contributed by atoms with Crippen molar-refractivity contribution in [2.45, 2.75) is 19.4 Å². The molecule has 188 valence electrons. The van der Waals surface area contributed by atoms with E-state index in [1.54, 1.807) is 48.4 Å². The van der Waals surface area contributed by atoms with Crippen molar-refractivity contribution in [1.82, 2.24) is 14.7 Å². The van der Waals surface area contributed by atoms with E-state index < -0.39 is 0 Å². The van der Waals surface area contributed by atoms with E-state index in [4.69, 9.17) is 4.74 Å². The number of hydrogen-bond donors (Lipinski definition) is 1. The van der Waals surface area contributed by atoms with Gasteiger partial charge in [-0.25, -0.2) is 4.68 Å². The van der Waals surface area contributed by atoms with Gasteiger partial charge in [-0.1, -0.05) is 60.7 Å². The van der Waals surface area contributed by atoms with Crippen LogP contribution in [0.4, 0.5) is 5.69 Å². The van der Waals surface area contributed by atoms with Crippen LogP contribution in [-0.2, 0) is 11.3 Å². The fourth-order valence-corrected chi connectivity index (χ4v) is 4.73. The summed E-state index contributed by atoms with van der Waals surface area (Å²) < 4.78 is 6.68. The Morgan fingerprint density at radius 2 is 1.57 bits per heavy atom. The molecule has 1 aliphatic heterocycles. The van der Waals surface area contributed by atoms with Crippen molar-refractivity contribution in [1.29, 1.82) is 0 Å². The number of para-hydroxylation sites is 2. The summed E-state index contributed by atoms with van der Waals surface area (Å²) in [5.41, 5.74) is 1.57. The van der Waals surface area contributed by atoms with Crippen LogP contribution in [0.3, 0.4) is 0 Å². The van der Waals surface area contributed by atoms with Crippen LogP contribution in [0.25, 0.3) is 10.8 Å². The van der Waals surface area contributed by atoms with Gasteiger partial charge in [0, 0.05) is 24.4 Å². The lowest BCUT2D eigenvalue weighted by molar-refractivity contribution is -0.121. The molecule has 8 heteroatoms. The average Bonchev–Trinajstić information content (AvgIpc) is 2.95. The molecule has 1 aromatic heterocycles. The SMILES string of the molecule is COc1ccccc1NC(=O)C1CCN(C(=O)c2nn(Cc3ccccc3)c(=O)c3ccccc23)CC1. The third kappa shape index (κ3) is 5.09. The molecule has 8 nitrogen and oxygen atoms in total. The van der Waals surface area contributed by atoms with E-state index in [9.17, 15) is 14.4 Å². The summed E-state index contributed by atoms with van der Waals surface area (Å²) in [7, 11) is 1.57. The van der Waals surface area contributed by atoms with E-state index in [1.807, 2.05) is 42.5 Å². The van der Waals surface area contributed by atoms with Gasteiger partial charge >= 0.3 is 0 Å². The lowest BCUT2D eigenvalue weighted by Crippen LogP contribution is -2.42. The fraction of sp³-hybridized carbons (Fsp3) is 0.241. The van der Waals surface area contributed by atoms with E-state index in [-0.39, 0.29) is 35.5 Å². The number of carbonyl (C=O) groups is 2. The van der Waals surface area contributed by atoms with E-state index in [2.05, 4.69) is 10.4 Å². The minimum Gasteiger partial charge on any atom is -0.495 e. The van der Waals surface area contributed by atoms with Gasteiger partial charge < -0.3 is 15.0 Å². The molecule has 0 bridgehead atoms. The van der Waals surface area contributed by atoms with Gasteiger partial charge in [0.1, 0.15) is 5.75 Å². The minimum absolute atomic E-state index is 0.0865. The molecule has 1 fully saturated rings. The predicted octanol–water partition coefficient (Wildman–Crippen LogP) is 3.94. The lowest BCUT2D eigenvalue weighted by atomic mass is 9.95. The molecule has 0 unspecified atom stereocenters. The number of hydrogen-bond acceptors (Lipinski definition) is 5. The molecular formula is C29H28N4O4. The van der Waals surface area contributed by atoms with Gasteiger partial charge in [-0.15, -0.1) is 0 Å². The molecule has 0 atom stereocenters. The van der Waals surface area contributed by atoms with Gasteiger partial charge in [-0.3, -0.25) is 14.4 Å². The van der Waals surface area contributed by atoms with E-state index in [0.29, 0.717) is 48.1 Å². The largest absolute Gasteiger partial charge is 0.495 e. The third-order valence-electron chi connectivity index (χ3n) is 6.76. The number of anilines is 1. The zero-order valence-corrected chi connectivity index (χ0v) is 20.6. The Balaban J connectivity index is 1.34. The van der Waals surface area contributed by atoms with Crippen LogP contribution in [0.15, 0.2) is 83.7 Å². The number of piperidine rings is 1. The Morgan fingerprint density at radius 3 is 2.30 bits per heavy atom. The van der Waals surface area contributed by atoms with Crippen molar-refractivity contribution in [2.24, 2.45) is 5.92 Å². The van der Waals surface area contributed by atoms with Gasteiger partial charge in [0.15, 0.2) is 5.69 Å². The highest BCUT2D eigenvalue weighted by Crippen LogP contribution is 2.26. The van der Waals surface area contributed by atoms with Crippen LogP contribution in [0.5, 0.6) is 5.75 Å². The number of likely N-dealkylation sites (tertiary alicyclic amines) is 1. The fourth-order valence-electron chi connectivity index (χ4n) is 4.73. The summed E-state index contributed by atoms with van der Waals surface area (Å²) in [5.74, 6) is 0.0657. The Labute approximate surface area is 214 Å². The first-order valence-electron chi connectivity index (χ1n) is 12.3. The molecule has 37 heavy (non-hydrogen) atoms. The number of aromatic nitrogens is 2. The molecule has 3 aromatic carbocycles. The zero-order valence-electron chi connectivity index (χ0n) is 20.6. The third-order valence-corrected chi connectivity index (χ3v) is 6.76. The molecule has 0 spiro atoms. The van der Waals surface area contributed by atoms with Crippen LogP contribution in [-0.4, -0.2) is 46.7 Å². The summed E-state index contributed by atoms with van der Waals surface area (Å²) in [6.07, 6.45) is 1.07. The summed E-state index contributed by atoms with van der Waals surface area (Å²) in [6.45, 7) is 1.13. The molecule has 1 saturated heterocycles. The Hall–Kier alpha value is -4.46. The van der Waals surface area contributed by atoms with Gasteiger partial charge in [-0.2, -0.15) is 5.10 Å². The number of nitrogens with one attached hydrogen (secondary N) is 1. The molecule has 2 amide bonds. The predicted molar refractivity (Wildman–Crippen MR) is 142 cm³/mol. The Morgan fingerprint density at radius 1 is 0.919 bits per heavy atom. The monoisotopic (exact) mass is 496 g/mol. The maximum absolute atomic E-state index is 13.6. The highest BCUT2D eigenvalue weighted by molar-refractivity contribution is 6.05. The average molecular weight is 497 g/mol. The van der Waals surface area contributed by atoms with Crippen LogP contribution < -0.4 is 15.6 Å². The quantitative estimate of drug-likeness (QED) is 0.436. The summed E-state index contributed by atoms with van der Waals surface area (Å²) in [6, 6.07) is 23.9. The van der Waals surface area contributed by atoms with Gasteiger partial charge in [-0.05, 0) is 36.6 Å². The van der Waals surface area contributed by atoms with Crippen LogP contribution in [0.2, 0.25) is 0 Å².